The van der Waals surface area contributed by atoms with Crippen LogP contribution in [-0.4, -0.2) is 35.0 Å². The molecule has 2 heterocycles. The van der Waals surface area contributed by atoms with Crippen LogP contribution < -0.4 is 0 Å². The van der Waals surface area contributed by atoms with Gasteiger partial charge in [-0.2, -0.15) is 11.3 Å². The van der Waals surface area contributed by atoms with Gasteiger partial charge >= 0.3 is 5.97 Å². The maximum Gasteiger partial charge on any atom is 0.308 e. The number of hydrogen-bond donors (Lipinski definition) is 1. The molecule has 16 heavy (non-hydrogen) atoms. The highest BCUT2D eigenvalue weighted by Crippen LogP contribution is 2.33. The maximum atomic E-state index is 11.3. The summed E-state index contributed by atoms with van der Waals surface area (Å²) in [4.78, 5) is 24.0. The molecule has 0 bridgehead atoms. The Bertz CT molecular complexity index is 401. The highest BCUT2D eigenvalue weighted by molar-refractivity contribution is 7.08. The molecule has 0 spiro atoms. The van der Waals surface area contributed by atoms with Crippen LogP contribution in [0.3, 0.4) is 0 Å². The number of likely N-dealkylation sites (tertiary alicyclic amines) is 1. The van der Waals surface area contributed by atoms with Crippen LogP contribution in [0.1, 0.15) is 18.4 Å². The molecule has 1 aliphatic rings. The van der Waals surface area contributed by atoms with Gasteiger partial charge in [0.15, 0.2) is 0 Å². The number of carboxylic acids is 1. The summed E-state index contributed by atoms with van der Waals surface area (Å²) in [6.07, 6.45) is 0. The van der Waals surface area contributed by atoms with Gasteiger partial charge in [0.05, 0.1) is 5.92 Å². The number of aliphatic carboxylic acids is 1. The second kappa shape index (κ2) is 4.25. The van der Waals surface area contributed by atoms with E-state index in [0.717, 1.165) is 5.56 Å². The third kappa shape index (κ3) is 1.95. The number of carbonyl (C=O) groups is 2. The molecule has 2 rings (SSSR count). The van der Waals surface area contributed by atoms with Gasteiger partial charge in [0.2, 0.25) is 5.91 Å². The summed E-state index contributed by atoms with van der Waals surface area (Å²) in [6.45, 7) is 2.32. The molecule has 2 atom stereocenters. The van der Waals surface area contributed by atoms with E-state index in [1.54, 1.807) is 16.2 Å². The molecule has 0 saturated carbocycles. The number of amides is 1. The van der Waals surface area contributed by atoms with Crippen molar-refractivity contribution in [2.24, 2.45) is 5.92 Å². The number of nitrogens with zero attached hydrogens (tertiary/aromatic N) is 1. The fraction of sp³-hybridized carbons (Fsp3) is 0.455. The van der Waals surface area contributed by atoms with Crippen molar-refractivity contribution in [3.8, 4) is 0 Å². The first-order chi connectivity index (χ1) is 7.59. The summed E-state index contributed by atoms with van der Waals surface area (Å²) in [5.41, 5.74) is 1.03. The molecule has 0 unspecified atom stereocenters. The number of rotatable bonds is 2. The van der Waals surface area contributed by atoms with Crippen molar-refractivity contribution in [1.29, 1.82) is 0 Å². The third-order valence-corrected chi connectivity index (χ3v) is 3.76. The number of hydrogen-bond acceptors (Lipinski definition) is 3. The predicted octanol–water partition coefficient (Wildman–Crippen LogP) is 1.39. The normalized spacial score (nSPS) is 24.7. The average Bonchev–Trinajstić information content (AvgIpc) is 2.86. The summed E-state index contributed by atoms with van der Waals surface area (Å²) < 4.78 is 0. The largest absolute Gasteiger partial charge is 0.481 e. The van der Waals surface area contributed by atoms with Gasteiger partial charge in [-0.1, -0.05) is 0 Å². The van der Waals surface area contributed by atoms with Gasteiger partial charge in [-0.25, -0.2) is 0 Å². The fourth-order valence-corrected chi connectivity index (χ4v) is 2.86. The van der Waals surface area contributed by atoms with Crippen molar-refractivity contribution in [1.82, 2.24) is 4.90 Å². The van der Waals surface area contributed by atoms with Crippen molar-refractivity contribution in [2.75, 3.05) is 13.1 Å². The summed E-state index contributed by atoms with van der Waals surface area (Å²) in [6, 6.07) is 1.94. The Balaban J connectivity index is 2.23. The lowest BCUT2D eigenvalue weighted by molar-refractivity contribution is -0.141. The van der Waals surface area contributed by atoms with Crippen molar-refractivity contribution < 1.29 is 14.7 Å². The number of carbonyl (C=O) groups excluding carboxylic acids is 1. The molecular weight excluding hydrogens is 226 g/mol. The van der Waals surface area contributed by atoms with Crippen molar-refractivity contribution in [3.05, 3.63) is 22.4 Å². The zero-order chi connectivity index (χ0) is 11.7. The Morgan fingerprint density at radius 2 is 2.25 bits per heavy atom. The minimum atomic E-state index is -0.819. The molecule has 0 aliphatic carbocycles. The zero-order valence-corrected chi connectivity index (χ0v) is 9.74. The molecule has 4 nitrogen and oxygen atoms in total. The first-order valence-corrected chi connectivity index (χ1v) is 6.04. The van der Waals surface area contributed by atoms with Gasteiger partial charge in [-0.3, -0.25) is 9.59 Å². The van der Waals surface area contributed by atoms with Crippen molar-refractivity contribution in [2.45, 2.75) is 12.8 Å². The Hall–Kier alpha value is -1.36. The van der Waals surface area contributed by atoms with E-state index in [1.165, 1.54) is 6.92 Å². The lowest BCUT2D eigenvalue weighted by Crippen LogP contribution is -2.27. The monoisotopic (exact) mass is 239 g/mol. The van der Waals surface area contributed by atoms with Gasteiger partial charge in [0.1, 0.15) is 0 Å². The highest BCUT2D eigenvalue weighted by atomic mass is 32.1. The minimum Gasteiger partial charge on any atom is -0.481 e. The topological polar surface area (TPSA) is 57.6 Å². The van der Waals surface area contributed by atoms with Crippen LogP contribution in [0, 0.1) is 5.92 Å². The van der Waals surface area contributed by atoms with Crippen LogP contribution in [0.5, 0.6) is 0 Å². The lowest BCUT2D eigenvalue weighted by atomic mass is 9.91. The van der Waals surface area contributed by atoms with E-state index in [-0.39, 0.29) is 11.8 Å². The molecular formula is C11H13NO3S. The van der Waals surface area contributed by atoms with E-state index in [9.17, 15) is 9.59 Å². The molecule has 86 valence electrons. The molecule has 1 amide bonds. The van der Waals surface area contributed by atoms with Crippen LogP contribution in [0.25, 0.3) is 0 Å². The molecule has 1 saturated heterocycles. The van der Waals surface area contributed by atoms with Crippen molar-refractivity contribution in [3.63, 3.8) is 0 Å². The maximum absolute atomic E-state index is 11.3. The molecule has 0 aromatic carbocycles. The quantitative estimate of drug-likeness (QED) is 0.848. The second-order valence-electron chi connectivity index (χ2n) is 4.03. The predicted molar refractivity (Wildman–Crippen MR) is 60.4 cm³/mol. The molecule has 1 fully saturated rings. The first-order valence-electron chi connectivity index (χ1n) is 5.10. The van der Waals surface area contributed by atoms with Gasteiger partial charge < -0.3 is 10.0 Å². The molecule has 1 N–H and O–H groups in total. The smallest absolute Gasteiger partial charge is 0.308 e. The van der Waals surface area contributed by atoms with Crippen LogP contribution in [0.15, 0.2) is 16.8 Å². The Morgan fingerprint density at radius 1 is 1.50 bits per heavy atom. The van der Waals surface area contributed by atoms with Crippen LogP contribution >= 0.6 is 11.3 Å². The SMILES string of the molecule is CC(=O)N1C[C@H](C(=O)O)[C@@H](c2ccsc2)C1. The number of thiophene rings is 1. The molecule has 1 aromatic rings. The van der Waals surface area contributed by atoms with Gasteiger partial charge in [0, 0.05) is 25.9 Å². The van der Waals surface area contributed by atoms with E-state index < -0.39 is 11.9 Å². The standard InChI is InChI=1S/C11H13NO3S/c1-7(13)12-4-9(8-2-3-16-6-8)10(5-12)11(14)15/h2-3,6,9-10H,4-5H2,1H3,(H,14,15)/t9-,10+/m1/s1. The molecule has 0 radical (unpaired) electrons. The molecule has 5 heteroatoms. The summed E-state index contributed by atoms with van der Waals surface area (Å²) in [5, 5.41) is 13.0. The minimum absolute atomic E-state index is 0.0519. The van der Waals surface area contributed by atoms with E-state index in [0.29, 0.717) is 13.1 Å². The van der Waals surface area contributed by atoms with Gasteiger partial charge in [-0.05, 0) is 22.4 Å². The van der Waals surface area contributed by atoms with E-state index in [2.05, 4.69) is 0 Å². The van der Waals surface area contributed by atoms with Gasteiger partial charge in [0.25, 0.3) is 0 Å². The summed E-state index contributed by atoms with van der Waals surface area (Å²) >= 11 is 1.55. The van der Waals surface area contributed by atoms with E-state index in [4.69, 9.17) is 5.11 Å². The zero-order valence-electron chi connectivity index (χ0n) is 8.92. The Morgan fingerprint density at radius 3 is 2.75 bits per heavy atom. The average molecular weight is 239 g/mol. The number of carboxylic acid groups (broad SMARTS) is 1. The Kier molecular flexibility index (Phi) is 2.96. The summed E-state index contributed by atoms with van der Waals surface area (Å²) in [7, 11) is 0. The lowest BCUT2D eigenvalue weighted by Gasteiger charge is -2.12. The van der Waals surface area contributed by atoms with E-state index in [1.807, 2.05) is 16.8 Å². The van der Waals surface area contributed by atoms with Crippen molar-refractivity contribution >= 4 is 23.2 Å². The molecule has 1 aliphatic heterocycles. The molecule has 1 aromatic heterocycles. The van der Waals surface area contributed by atoms with Gasteiger partial charge in [-0.15, -0.1) is 0 Å². The van der Waals surface area contributed by atoms with Crippen LogP contribution in [0.4, 0.5) is 0 Å². The van der Waals surface area contributed by atoms with Crippen LogP contribution in [-0.2, 0) is 9.59 Å². The summed E-state index contributed by atoms with van der Waals surface area (Å²) in [5.74, 6) is -1.41. The Labute approximate surface area is 97.5 Å². The van der Waals surface area contributed by atoms with Crippen LogP contribution in [0.2, 0.25) is 0 Å². The third-order valence-electron chi connectivity index (χ3n) is 3.05. The first kappa shape index (κ1) is 11.1. The van der Waals surface area contributed by atoms with E-state index >= 15 is 0 Å². The highest BCUT2D eigenvalue weighted by Gasteiger charge is 2.39. The fourth-order valence-electron chi connectivity index (χ4n) is 2.13. The second-order valence-corrected chi connectivity index (χ2v) is 4.81.